The maximum Gasteiger partial charge on any atom is 0.336 e. The van der Waals surface area contributed by atoms with Crippen LogP contribution in [-0.4, -0.2) is 19.4 Å². The van der Waals surface area contributed by atoms with Crippen molar-refractivity contribution < 1.29 is 14.3 Å². The molecule has 3 nitrogen and oxygen atoms in total. The summed E-state index contributed by atoms with van der Waals surface area (Å²) in [5.74, 6) is 2.22. The topological polar surface area (TPSA) is 35.5 Å². The highest BCUT2D eigenvalue weighted by Gasteiger charge is 2.53. The average Bonchev–Trinajstić information content (AvgIpc) is 2.44. The normalized spacial score (nSPS) is 38.3. The molecule has 0 heterocycles. The van der Waals surface area contributed by atoms with Gasteiger partial charge in [-0.25, -0.2) is 4.79 Å². The first-order valence-electron chi connectivity index (χ1n) is 8.49. The molecule has 0 aromatic heterocycles. The second-order valence-corrected chi connectivity index (χ2v) is 7.54. The molecular weight excluding hydrogens is 264 g/mol. The number of methoxy groups -OCH3 is 1. The Morgan fingerprint density at radius 1 is 1.19 bits per heavy atom. The molecule has 0 spiro atoms. The summed E-state index contributed by atoms with van der Waals surface area (Å²) in [5, 5.41) is 0. The molecule has 0 aliphatic heterocycles. The van der Waals surface area contributed by atoms with Gasteiger partial charge in [-0.05, 0) is 56.3 Å². The van der Waals surface area contributed by atoms with Gasteiger partial charge in [-0.1, -0.05) is 19.9 Å². The van der Waals surface area contributed by atoms with Crippen molar-refractivity contribution in [1.29, 1.82) is 0 Å². The third-order valence-corrected chi connectivity index (χ3v) is 5.95. The van der Waals surface area contributed by atoms with Crippen LogP contribution in [0.2, 0.25) is 0 Å². The fraction of sp³-hybridized carbons (Fsp3) is 0.833. The fourth-order valence-electron chi connectivity index (χ4n) is 5.35. The molecule has 1 unspecified atom stereocenters. The second-order valence-electron chi connectivity index (χ2n) is 7.54. The standard InChI is InChI=1S/C18H28O3/c1-4-5-16(20-3)21-17(19)12(2)18-9-13-6-14(10-18)8-15(7-13)11-18/h13-16H,2,4-11H2,1,3H3. The molecule has 0 aromatic rings. The van der Waals surface area contributed by atoms with Crippen molar-refractivity contribution in [1.82, 2.24) is 0 Å². The zero-order chi connectivity index (χ0) is 15.0. The van der Waals surface area contributed by atoms with Crippen LogP contribution in [0.5, 0.6) is 0 Å². The van der Waals surface area contributed by atoms with Crippen LogP contribution in [0.25, 0.3) is 0 Å². The molecule has 118 valence electrons. The lowest BCUT2D eigenvalue weighted by atomic mass is 9.48. The monoisotopic (exact) mass is 292 g/mol. The largest absolute Gasteiger partial charge is 0.432 e. The maximum absolute atomic E-state index is 12.5. The lowest BCUT2D eigenvalue weighted by Gasteiger charge is -2.57. The lowest BCUT2D eigenvalue weighted by molar-refractivity contribution is -0.172. The van der Waals surface area contributed by atoms with Gasteiger partial charge in [0, 0.05) is 24.5 Å². The van der Waals surface area contributed by atoms with E-state index in [9.17, 15) is 4.79 Å². The van der Waals surface area contributed by atoms with E-state index in [4.69, 9.17) is 9.47 Å². The molecular formula is C18H28O3. The molecule has 4 saturated carbocycles. The van der Waals surface area contributed by atoms with Gasteiger partial charge in [-0.15, -0.1) is 0 Å². The molecule has 4 aliphatic rings. The van der Waals surface area contributed by atoms with Crippen molar-refractivity contribution in [2.45, 2.75) is 64.6 Å². The number of hydrogen-bond donors (Lipinski definition) is 0. The smallest absolute Gasteiger partial charge is 0.336 e. The molecule has 21 heavy (non-hydrogen) atoms. The van der Waals surface area contributed by atoms with Crippen molar-refractivity contribution in [2.24, 2.45) is 23.2 Å². The van der Waals surface area contributed by atoms with Crippen LogP contribution in [-0.2, 0) is 14.3 Å². The fourth-order valence-corrected chi connectivity index (χ4v) is 5.35. The summed E-state index contributed by atoms with van der Waals surface area (Å²) in [4.78, 5) is 12.5. The van der Waals surface area contributed by atoms with Crippen LogP contribution < -0.4 is 0 Å². The third kappa shape index (κ3) is 2.77. The van der Waals surface area contributed by atoms with E-state index < -0.39 is 6.29 Å². The Morgan fingerprint density at radius 2 is 1.71 bits per heavy atom. The van der Waals surface area contributed by atoms with E-state index in [-0.39, 0.29) is 11.4 Å². The second kappa shape index (κ2) is 5.75. The number of carbonyl (C=O) groups excluding carboxylic acids is 1. The van der Waals surface area contributed by atoms with Crippen LogP contribution in [0.15, 0.2) is 12.2 Å². The summed E-state index contributed by atoms with van der Waals surface area (Å²) in [6.07, 6.45) is 8.84. The molecule has 4 fully saturated rings. The first-order chi connectivity index (χ1) is 10.1. The summed E-state index contributed by atoms with van der Waals surface area (Å²) in [5.41, 5.74) is 0.760. The van der Waals surface area contributed by atoms with E-state index in [1.54, 1.807) is 7.11 Å². The minimum atomic E-state index is -0.423. The van der Waals surface area contributed by atoms with Crippen LogP contribution in [0.1, 0.15) is 58.3 Å². The van der Waals surface area contributed by atoms with E-state index in [0.717, 1.165) is 55.4 Å². The van der Waals surface area contributed by atoms with Crippen molar-refractivity contribution >= 4 is 5.97 Å². The minimum Gasteiger partial charge on any atom is -0.432 e. The lowest BCUT2D eigenvalue weighted by Crippen LogP contribution is -2.48. The first kappa shape index (κ1) is 15.1. The Kier molecular flexibility index (Phi) is 4.13. The SMILES string of the molecule is C=C(C(=O)OC(CCC)OC)C12CC3CC(CC(C3)C1)C2. The highest BCUT2D eigenvalue weighted by molar-refractivity contribution is 5.89. The van der Waals surface area contributed by atoms with Crippen LogP contribution in [0, 0.1) is 23.2 Å². The van der Waals surface area contributed by atoms with Gasteiger partial charge in [0.1, 0.15) is 0 Å². The summed E-state index contributed by atoms with van der Waals surface area (Å²) < 4.78 is 10.8. The quantitative estimate of drug-likeness (QED) is 0.420. The Morgan fingerprint density at radius 3 is 2.14 bits per heavy atom. The van der Waals surface area contributed by atoms with Crippen LogP contribution >= 0.6 is 0 Å². The van der Waals surface area contributed by atoms with E-state index in [2.05, 4.69) is 13.5 Å². The summed E-state index contributed by atoms with van der Waals surface area (Å²) >= 11 is 0. The molecule has 0 amide bonds. The molecule has 1 atom stereocenters. The Bertz CT molecular complexity index is 391. The zero-order valence-electron chi connectivity index (χ0n) is 13.4. The van der Waals surface area contributed by atoms with Crippen molar-refractivity contribution in [3.63, 3.8) is 0 Å². The summed E-state index contributed by atoms with van der Waals surface area (Å²) in [6.45, 7) is 6.23. The molecule has 3 heteroatoms. The van der Waals surface area contributed by atoms with Gasteiger partial charge < -0.3 is 9.47 Å². The van der Waals surface area contributed by atoms with E-state index in [1.165, 1.54) is 19.3 Å². The van der Waals surface area contributed by atoms with Crippen molar-refractivity contribution in [3.05, 3.63) is 12.2 Å². The van der Waals surface area contributed by atoms with Crippen LogP contribution in [0.4, 0.5) is 0 Å². The zero-order valence-corrected chi connectivity index (χ0v) is 13.4. The van der Waals surface area contributed by atoms with Gasteiger partial charge in [0.15, 0.2) is 0 Å². The molecule has 4 bridgehead atoms. The van der Waals surface area contributed by atoms with E-state index >= 15 is 0 Å². The van der Waals surface area contributed by atoms with Gasteiger partial charge >= 0.3 is 5.97 Å². The van der Waals surface area contributed by atoms with E-state index in [1.807, 2.05) is 0 Å². The average molecular weight is 292 g/mol. The Balaban J connectivity index is 1.68. The molecule has 0 aromatic carbocycles. The highest BCUT2D eigenvalue weighted by Crippen LogP contribution is 2.62. The van der Waals surface area contributed by atoms with Crippen molar-refractivity contribution in [2.75, 3.05) is 7.11 Å². The molecule has 0 N–H and O–H groups in total. The minimum absolute atomic E-state index is 0.0380. The predicted octanol–water partition coefficient (Wildman–Crippen LogP) is 4.07. The van der Waals surface area contributed by atoms with Gasteiger partial charge in [0.05, 0.1) is 0 Å². The molecule has 4 aliphatic carbocycles. The number of ether oxygens (including phenoxy) is 2. The number of hydrogen-bond acceptors (Lipinski definition) is 3. The van der Waals surface area contributed by atoms with Gasteiger partial charge in [-0.2, -0.15) is 0 Å². The first-order valence-corrected chi connectivity index (χ1v) is 8.49. The van der Waals surface area contributed by atoms with Gasteiger partial charge in [0.25, 0.3) is 0 Å². The van der Waals surface area contributed by atoms with Gasteiger partial charge in [-0.3, -0.25) is 0 Å². The maximum atomic E-state index is 12.5. The van der Waals surface area contributed by atoms with E-state index in [0.29, 0.717) is 0 Å². The summed E-state index contributed by atoms with van der Waals surface area (Å²) in [6, 6.07) is 0. The number of esters is 1. The number of carbonyl (C=O) groups is 1. The molecule has 4 rings (SSSR count). The Hall–Kier alpha value is -0.830. The number of rotatable bonds is 6. The highest BCUT2D eigenvalue weighted by atomic mass is 16.7. The molecule has 0 saturated heterocycles. The summed E-state index contributed by atoms with van der Waals surface area (Å²) in [7, 11) is 1.60. The van der Waals surface area contributed by atoms with Gasteiger partial charge in [0.2, 0.25) is 6.29 Å². The Labute approximate surface area is 128 Å². The van der Waals surface area contributed by atoms with Crippen LogP contribution in [0.3, 0.4) is 0 Å². The molecule has 0 radical (unpaired) electrons. The predicted molar refractivity (Wildman–Crippen MR) is 81.5 cm³/mol. The third-order valence-electron chi connectivity index (χ3n) is 5.95. The van der Waals surface area contributed by atoms with Crippen molar-refractivity contribution in [3.8, 4) is 0 Å².